The monoisotopic (exact) mass is 435 g/mol. The molecule has 7 heteroatoms. The van der Waals surface area contributed by atoms with Crippen molar-refractivity contribution in [2.45, 2.75) is 50.4 Å². The lowest BCUT2D eigenvalue weighted by Crippen LogP contribution is -2.29. The van der Waals surface area contributed by atoms with E-state index in [-0.39, 0.29) is 41.9 Å². The second-order valence-corrected chi connectivity index (χ2v) is 8.99. The van der Waals surface area contributed by atoms with Gasteiger partial charge < -0.3 is 19.2 Å². The summed E-state index contributed by atoms with van der Waals surface area (Å²) >= 11 is 0. The average molecular weight is 435 g/mol. The Morgan fingerprint density at radius 2 is 2.12 bits per heavy atom. The molecule has 0 spiro atoms. The van der Waals surface area contributed by atoms with E-state index in [0.29, 0.717) is 29.5 Å². The molecule has 2 aromatic rings. The number of aromatic nitrogens is 1. The number of carbonyl (C=O) groups is 2. The Kier molecular flexibility index (Phi) is 5.01. The zero-order valence-electron chi connectivity index (χ0n) is 17.9. The maximum absolute atomic E-state index is 12.6. The number of carbonyl (C=O) groups excluding carboxylic acids is 2. The fourth-order valence-electron chi connectivity index (χ4n) is 4.77. The number of esters is 2. The van der Waals surface area contributed by atoms with Gasteiger partial charge in [0.05, 0.1) is 11.2 Å². The third-order valence-electron chi connectivity index (χ3n) is 6.79. The van der Waals surface area contributed by atoms with Crippen LogP contribution in [0.5, 0.6) is 0 Å². The number of pyridine rings is 1. The van der Waals surface area contributed by atoms with Crippen LogP contribution in [-0.2, 0) is 19.0 Å². The van der Waals surface area contributed by atoms with Gasteiger partial charge in [-0.25, -0.2) is 9.59 Å². The van der Waals surface area contributed by atoms with Crippen molar-refractivity contribution in [2.24, 2.45) is 5.92 Å². The van der Waals surface area contributed by atoms with Gasteiger partial charge in [0.1, 0.15) is 18.8 Å². The molecule has 5 rings (SSSR count). The molecule has 1 N–H and O–H groups in total. The van der Waals surface area contributed by atoms with E-state index >= 15 is 0 Å². The predicted octanol–water partition coefficient (Wildman–Crippen LogP) is 3.44. The van der Waals surface area contributed by atoms with Crippen LogP contribution in [0.1, 0.15) is 43.0 Å². The first-order chi connectivity index (χ1) is 15.3. The Morgan fingerprint density at radius 3 is 2.97 bits per heavy atom. The first-order valence-corrected chi connectivity index (χ1v) is 10.9. The van der Waals surface area contributed by atoms with Gasteiger partial charge >= 0.3 is 11.9 Å². The highest BCUT2D eigenvalue weighted by Gasteiger charge is 2.61. The van der Waals surface area contributed by atoms with Crippen molar-refractivity contribution in [1.29, 1.82) is 0 Å². The quantitative estimate of drug-likeness (QED) is 0.343. The molecule has 0 bridgehead atoms. The lowest BCUT2D eigenvalue weighted by atomic mass is 9.84. The van der Waals surface area contributed by atoms with Crippen LogP contribution in [0.15, 0.2) is 58.9 Å². The molecule has 4 atom stereocenters. The van der Waals surface area contributed by atoms with E-state index in [0.717, 1.165) is 23.8 Å². The summed E-state index contributed by atoms with van der Waals surface area (Å²) in [5, 5.41) is 0.764. The van der Waals surface area contributed by atoms with Crippen LogP contribution in [0, 0.1) is 5.92 Å². The van der Waals surface area contributed by atoms with E-state index < -0.39 is 5.97 Å². The Hall–Kier alpha value is -3.19. The van der Waals surface area contributed by atoms with Crippen molar-refractivity contribution in [1.82, 2.24) is 4.98 Å². The lowest BCUT2D eigenvalue weighted by Gasteiger charge is -2.20. The van der Waals surface area contributed by atoms with E-state index in [2.05, 4.69) is 17.6 Å². The highest BCUT2D eigenvalue weighted by molar-refractivity contribution is 5.94. The molecule has 1 aromatic carbocycles. The molecular formula is C25H25NO6. The summed E-state index contributed by atoms with van der Waals surface area (Å²) in [5.41, 5.74) is 2.12. The largest absolute Gasteiger partial charge is 0.458 e. The summed E-state index contributed by atoms with van der Waals surface area (Å²) in [5.74, 6) is -0.851. The molecule has 3 aliphatic rings. The molecule has 0 saturated carbocycles. The minimum Gasteiger partial charge on any atom is -0.458 e. The van der Waals surface area contributed by atoms with E-state index in [1.165, 1.54) is 6.07 Å². The summed E-state index contributed by atoms with van der Waals surface area (Å²) in [7, 11) is 0. The molecule has 2 saturated heterocycles. The Labute approximate surface area is 185 Å². The van der Waals surface area contributed by atoms with Gasteiger partial charge in [0, 0.05) is 23.1 Å². The summed E-state index contributed by atoms with van der Waals surface area (Å²) in [6.07, 6.45) is 4.74. The number of nitrogens with one attached hydrogen (secondary N) is 1. The molecule has 0 unspecified atom stereocenters. The minimum absolute atomic E-state index is 0.0775. The van der Waals surface area contributed by atoms with Gasteiger partial charge in [0.2, 0.25) is 5.56 Å². The summed E-state index contributed by atoms with van der Waals surface area (Å²) < 4.78 is 17.1. The maximum atomic E-state index is 12.6. The average Bonchev–Trinajstić information content (AvgIpc) is 3.37. The fraction of sp³-hybridized carbons (Fsp3) is 0.400. The van der Waals surface area contributed by atoms with Crippen LogP contribution >= 0.6 is 0 Å². The topological polar surface area (TPSA) is 98.0 Å². The Bertz CT molecular complexity index is 1210. The van der Waals surface area contributed by atoms with Crippen molar-refractivity contribution in [2.75, 3.05) is 6.61 Å². The summed E-state index contributed by atoms with van der Waals surface area (Å²) in [6.45, 7) is 6.16. The third-order valence-corrected chi connectivity index (χ3v) is 6.79. The first-order valence-electron chi connectivity index (χ1n) is 10.9. The molecular weight excluding hydrogens is 410 g/mol. The normalized spacial score (nSPS) is 29.5. The molecule has 0 amide bonds. The number of H-pyrrole nitrogens is 1. The predicted molar refractivity (Wildman–Crippen MR) is 117 cm³/mol. The smallest absolute Gasteiger partial charge is 0.338 e. The standard InChI is InChI=1S/C25H25NO6/c1-14-18-8-5-15(4-3-11-25(2)22(32-25)21(18)31-23(14)28)13-30-24(29)17-6-9-19-16(12-17)7-10-20(27)26-19/h4,6-7,9-10,12,18,21-22H,1,3,5,8,11,13H2,2H3,(H,26,27)/t18-,21-,22-,25+/m0/s1. The maximum Gasteiger partial charge on any atom is 0.338 e. The van der Waals surface area contributed by atoms with Gasteiger partial charge in [-0.15, -0.1) is 0 Å². The zero-order valence-corrected chi connectivity index (χ0v) is 17.9. The van der Waals surface area contributed by atoms with Crippen LogP contribution in [0.3, 0.4) is 0 Å². The first kappa shape index (κ1) is 20.7. The van der Waals surface area contributed by atoms with E-state index in [4.69, 9.17) is 14.2 Å². The Morgan fingerprint density at radius 1 is 1.28 bits per heavy atom. The third kappa shape index (κ3) is 3.77. The van der Waals surface area contributed by atoms with Crippen molar-refractivity contribution in [3.63, 3.8) is 0 Å². The zero-order chi connectivity index (χ0) is 22.5. The van der Waals surface area contributed by atoms with E-state index in [1.807, 2.05) is 6.92 Å². The van der Waals surface area contributed by atoms with Gasteiger partial charge in [-0.2, -0.15) is 0 Å². The highest BCUT2D eigenvalue weighted by atomic mass is 16.6. The van der Waals surface area contributed by atoms with Crippen molar-refractivity contribution < 1.29 is 23.8 Å². The molecule has 166 valence electrons. The molecule has 1 aliphatic carbocycles. The van der Waals surface area contributed by atoms with Gasteiger partial charge in [-0.05, 0) is 67.8 Å². The number of hydrogen-bond acceptors (Lipinski definition) is 6. The second-order valence-electron chi connectivity index (χ2n) is 8.99. The van der Waals surface area contributed by atoms with E-state index in [1.54, 1.807) is 24.3 Å². The minimum atomic E-state index is -0.421. The van der Waals surface area contributed by atoms with Gasteiger partial charge in [-0.3, -0.25) is 4.79 Å². The summed E-state index contributed by atoms with van der Waals surface area (Å²) in [6, 6.07) is 8.15. The van der Waals surface area contributed by atoms with Gasteiger partial charge in [-0.1, -0.05) is 12.7 Å². The number of allylic oxidation sites excluding steroid dienone is 1. The molecule has 1 aromatic heterocycles. The van der Waals surface area contributed by atoms with Crippen LogP contribution in [0.2, 0.25) is 0 Å². The van der Waals surface area contributed by atoms with Crippen molar-refractivity contribution >= 4 is 22.8 Å². The van der Waals surface area contributed by atoms with Gasteiger partial charge in [0.25, 0.3) is 0 Å². The number of fused-ring (bicyclic) bond motifs is 4. The van der Waals surface area contributed by atoms with Crippen molar-refractivity contribution in [3.05, 3.63) is 70.1 Å². The van der Waals surface area contributed by atoms with Crippen LogP contribution < -0.4 is 5.56 Å². The fourth-order valence-corrected chi connectivity index (χ4v) is 4.77. The molecule has 7 nitrogen and oxygen atoms in total. The van der Waals surface area contributed by atoms with Crippen LogP contribution in [0.4, 0.5) is 0 Å². The van der Waals surface area contributed by atoms with E-state index in [9.17, 15) is 14.4 Å². The molecule has 32 heavy (non-hydrogen) atoms. The number of ether oxygens (including phenoxy) is 3. The van der Waals surface area contributed by atoms with Crippen molar-refractivity contribution in [3.8, 4) is 0 Å². The Balaban J connectivity index is 1.28. The summed E-state index contributed by atoms with van der Waals surface area (Å²) in [4.78, 5) is 38.9. The number of benzene rings is 1. The molecule has 2 aliphatic heterocycles. The van der Waals surface area contributed by atoms with Crippen LogP contribution in [-0.4, -0.2) is 41.3 Å². The highest BCUT2D eigenvalue weighted by Crippen LogP contribution is 2.49. The molecule has 2 fully saturated rings. The number of hydrogen-bond donors (Lipinski definition) is 1. The number of epoxide rings is 1. The van der Waals surface area contributed by atoms with Crippen LogP contribution in [0.25, 0.3) is 10.9 Å². The molecule has 0 radical (unpaired) electrons. The lowest BCUT2D eigenvalue weighted by molar-refractivity contribution is -0.140. The number of rotatable bonds is 3. The van der Waals surface area contributed by atoms with Gasteiger partial charge in [0.15, 0.2) is 0 Å². The number of aromatic amines is 1. The second kappa shape index (κ2) is 7.74. The SMILES string of the molecule is C=C1C(=O)O[C@H]2[C@H]1CCC(COC(=O)c1ccc3[nH]c(=O)ccc3c1)=CCC[C@@]1(C)O[C@@H]21. The molecule has 3 heterocycles.